The first-order chi connectivity index (χ1) is 9.67. The van der Waals surface area contributed by atoms with Crippen molar-refractivity contribution in [2.75, 3.05) is 24.3 Å². The standard InChI is InChI=1S/C15H26N4O/c1-5-13-18-14(16-6-2)10(3)15(19-13)17-11-7-8-12(9-11)20-4/h11-12H,5-9H2,1-4H3,(H2,16,17,18,19). The highest BCUT2D eigenvalue weighted by Crippen LogP contribution is 2.27. The normalized spacial score (nSPS) is 22.0. The largest absolute Gasteiger partial charge is 0.381 e. The number of aryl methyl sites for hydroxylation is 1. The summed E-state index contributed by atoms with van der Waals surface area (Å²) in [5.41, 5.74) is 1.10. The number of hydrogen-bond acceptors (Lipinski definition) is 5. The van der Waals surface area contributed by atoms with Gasteiger partial charge >= 0.3 is 0 Å². The maximum atomic E-state index is 5.43. The molecule has 1 fully saturated rings. The quantitative estimate of drug-likeness (QED) is 0.838. The van der Waals surface area contributed by atoms with Crippen molar-refractivity contribution in [2.24, 2.45) is 0 Å². The Bertz CT molecular complexity index is 450. The summed E-state index contributed by atoms with van der Waals surface area (Å²) in [4.78, 5) is 9.20. The van der Waals surface area contributed by atoms with E-state index in [1.165, 1.54) is 0 Å². The average molecular weight is 278 g/mol. The van der Waals surface area contributed by atoms with Gasteiger partial charge in [0, 0.05) is 31.7 Å². The molecule has 1 heterocycles. The molecule has 112 valence electrons. The highest BCUT2D eigenvalue weighted by molar-refractivity contribution is 5.57. The van der Waals surface area contributed by atoms with Crippen LogP contribution in [0, 0.1) is 6.92 Å². The summed E-state index contributed by atoms with van der Waals surface area (Å²) in [7, 11) is 1.79. The van der Waals surface area contributed by atoms with Crippen LogP contribution in [0.15, 0.2) is 0 Å². The Hall–Kier alpha value is -1.36. The molecule has 5 nitrogen and oxygen atoms in total. The summed E-state index contributed by atoms with van der Waals surface area (Å²) in [5.74, 6) is 2.80. The van der Waals surface area contributed by atoms with E-state index >= 15 is 0 Å². The summed E-state index contributed by atoms with van der Waals surface area (Å²) in [6.07, 6.45) is 4.55. The summed E-state index contributed by atoms with van der Waals surface area (Å²) in [5, 5.41) is 6.90. The fraction of sp³-hybridized carbons (Fsp3) is 0.733. The second-order valence-corrected chi connectivity index (χ2v) is 5.36. The van der Waals surface area contributed by atoms with Crippen LogP contribution in [-0.2, 0) is 11.2 Å². The lowest BCUT2D eigenvalue weighted by Crippen LogP contribution is -2.20. The molecule has 2 unspecified atom stereocenters. The number of anilines is 2. The van der Waals surface area contributed by atoms with Gasteiger partial charge in [0.15, 0.2) is 0 Å². The van der Waals surface area contributed by atoms with Gasteiger partial charge in [-0.05, 0) is 33.1 Å². The smallest absolute Gasteiger partial charge is 0.134 e. The first kappa shape index (κ1) is 15.0. The third kappa shape index (κ3) is 3.39. The van der Waals surface area contributed by atoms with Crippen molar-refractivity contribution in [3.05, 3.63) is 11.4 Å². The zero-order valence-corrected chi connectivity index (χ0v) is 13.0. The molecule has 1 aromatic heterocycles. The third-order valence-electron chi connectivity index (χ3n) is 3.91. The van der Waals surface area contributed by atoms with E-state index in [-0.39, 0.29) is 0 Å². The van der Waals surface area contributed by atoms with Gasteiger partial charge in [0.05, 0.1) is 6.10 Å². The molecule has 2 rings (SSSR count). The Morgan fingerprint density at radius 3 is 2.55 bits per heavy atom. The first-order valence-corrected chi connectivity index (χ1v) is 7.58. The molecule has 0 radical (unpaired) electrons. The minimum atomic E-state index is 0.383. The summed E-state index contributed by atoms with van der Waals surface area (Å²) < 4.78 is 5.43. The molecule has 0 bridgehead atoms. The van der Waals surface area contributed by atoms with E-state index < -0.39 is 0 Å². The zero-order chi connectivity index (χ0) is 14.5. The average Bonchev–Trinajstić information content (AvgIpc) is 2.91. The van der Waals surface area contributed by atoms with Crippen LogP contribution in [0.1, 0.15) is 44.5 Å². The van der Waals surface area contributed by atoms with E-state index in [9.17, 15) is 0 Å². The van der Waals surface area contributed by atoms with Gasteiger partial charge in [-0.15, -0.1) is 0 Å². The minimum absolute atomic E-state index is 0.383. The van der Waals surface area contributed by atoms with Crippen LogP contribution in [0.4, 0.5) is 11.6 Å². The van der Waals surface area contributed by atoms with E-state index in [2.05, 4.69) is 41.4 Å². The predicted octanol–water partition coefficient (Wildman–Crippen LogP) is 2.76. The van der Waals surface area contributed by atoms with Crippen LogP contribution in [0.5, 0.6) is 0 Å². The van der Waals surface area contributed by atoms with E-state index in [1.54, 1.807) is 7.11 Å². The number of ether oxygens (including phenoxy) is 1. The van der Waals surface area contributed by atoms with Crippen LogP contribution in [0.3, 0.4) is 0 Å². The van der Waals surface area contributed by atoms with Gasteiger partial charge in [0.25, 0.3) is 0 Å². The van der Waals surface area contributed by atoms with Crippen molar-refractivity contribution in [3.63, 3.8) is 0 Å². The second kappa shape index (κ2) is 6.88. The highest BCUT2D eigenvalue weighted by Gasteiger charge is 2.25. The lowest BCUT2D eigenvalue weighted by atomic mass is 10.2. The fourth-order valence-corrected chi connectivity index (χ4v) is 2.68. The third-order valence-corrected chi connectivity index (χ3v) is 3.91. The van der Waals surface area contributed by atoms with Crippen LogP contribution >= 0.6 is 0 Å². The summed E-state index contributed by atoms with van der Waals surface area (Å²) >= 11 is 0. The molecular weight excluding hydrogens is 252 g/mol. The molecule has 0 saturated heterocycles. The van der Waals surface area contributed by atoms with Crippen LogP contribution in [-0.4, -0.2) is 35.8 Å². The molecule has 1 saturated carbocycles. The van der Waals surface area contributed by atoms with Crippen molar-refractivity contribution in [1.82, 2.24) is 9.97 Å². The van der Waals surface area contributed by atoms with Crippen molar-refractivity contribution >= 4 is 11.6 Å². The number of nitrogens with zero attached hydrogens (tertiary/aromatic N) is 2. The van der Waals surface area contributed by atoms with E-state index in [1.807, 2.05) is 0 Å². The monoisotopic (exact) mass is 278 g/mol. The summed E-state index contributed by atoms with van der Waals surface area (Å²) in [6, 6.07) is 0.452. The van der Waals surface area contributed by atoms with Crippen LogP contribution < -0.4 is 10.6 Å². The molecule has 1 aliphatic carbocycles. The van der Waals surface area contributed by atoms with Gasteiger partial charge in [-0.25, -0.2) is 9.97 Å². The van der Waals surface area contributed by atoms with Crippen LogP contribution in [0.2, 0.25) is 0 Å². The summed E-state index contributed by atoms with van der Waals surface area (Å²) in [6.45, 7) is 7.11. The van der Waals surface area contributed by atoms with E-state index in [0.29, 0.717) is 12.1 Å². The lowest BCUT2D eigenvalue weighted by molar-refractivity contribution is 0.108. The molecule has 0 aromatic carbocycles. The number of methoxy groups -OCH3 is 1. The molecule has 0 spiro atoms. The topological polar surface area (TPSA) is 59.1 Å². The lowest BCUT2D eigenvalue weighted by Gasteiger charge is -2.18. The van der Waals surface area contributed by atoms with Gasteiger partial charge in [0.2, 0.25) is 0 Å². The molecular formula is C15H26N4O. The Morgan fingerprint density at radius 2 is 1.95 bits per heavy atom. The maximum Gasteiger partial charge on any atom is 0.134 e. The number of nitrogens with one attached hydrogen (secondary N) is 2. The Kier molecular flexibility index (Phi) is 5.17. The molecule has 2 N–H and O–H groups in total. The fourth-order valence-electron chi connectivity index (χ4n) is 2.68. The Morgan fingerprint density at radius 1 is 1.20 bits per heavy atom. The van der Waals surface area contributed by atoms with Gasteiger partial charge in [-0.3, -0.25) is 0 Å². The molecule has 2 atom stereocenters. The van der Waals surface area contributed by atoms with Crippen molar-refractivity contribution in [1.29, 1.82) is 0 Å². The second-order valence-electron chi connectivity index (χ2n) is 5.36. The molecule has 1 aromatic rings. The van der Waals surface area contributed by atoms with E-state index in [0.717, 1.165) is 55.3 Å². The van der Waals surface area contributed by atoms with Crippen molar-refractivity contribution < 1.29 is 4.74 Å². The highest BCUT2D eigenvalue weighted by atomic mass is 16.5. The number of aromatic nitrogens is 2. The molecule has 1 aliphatic rings. The number of rotatable bonds is 6. The molecule has 0 aliphatic heterocycles. The SMILES string of the molecule is CCNc1nc(CC)nc(NC2CCC(OC)C2)c1C. The van der Waals surface area contributed by atoms with Gasteiger partial charge in [-0.2, -0.15) is 0 Å². The minimum Gasteiger partial charge on any atom is -0.381 e. The van der Waals surface area contributed by atoms with Gasteiger partial charge in [0.1, 0.15) is 17.5 Å². The van der Waals surface area contributed by atoms with Gasteiger partial charge in [-0.1, -0.05) is 6.92 Å². The van der Waals surface area contributed by atoms with Crippen LogP contribution in [0.25, 0.3) is 0 Å². The van der Waals surface area contributed by atoms with E-state index in [4.69, 9.17) is 4.74 Å². The maximum absolute atomic E-state index is 5.43. The first-order valence-electron chi connectivity index (χ1n) is 7.58. The Labute approximate surface area is 121 Å². The Balaban J connectivity index is 2.15. The molecule has 5 heteroatoms. The molecule has 0 amide bonds. The predicted molar refractivity (Wildman–Crippen MR) is 82.4 cm³/mol. The number of hydrogen-bond donors (Lipinski definition) is 2. The zero-order valence-electron chi connectivity index (χ0n) is 13.0. The van der Waals surface area contributed by atoms with Crippen molar-refractivity contribution in [3.8, 4) is 0 Å². The molecule has 20 heavy (non-hydrogen) atoms. The van der Waals surface area contributed by atoms with Gasteiger partial charge < -0.3 is 15.4 Å². The van der Waals surface area contributed by atoms with Crippen molar-refractivity contribution in [2.45, 2.75) is 58.6 Å².